The van der Waals surface area contributed by atoms with Crippen LogP contribution in [-0.4, -0.2) is 40.8 Å². The van der Waals surface area contributed by atoms with Gasteiger partial charge in [0.2, 0.25) is 0 Å². The number of nitrogens with zero attached hydrogens (tertiary/aromatic N) is 3. The summed E-state index contributed by atoms with van der Waals surface area (Å²) >= 11 is 0. The first-order valence-electron chi connectivity index (χ1n) is 4.70. The maximum Gasteiger partial charge on any atom is 0.278 e. The van der Waals surface area contributed by atoms with Crippen molar-refractivity contribution in [3.63, 3.8) is 0 Å². The number of aromatic amines is 1. The van der Waals surface area contributed by atoms with Crippen LogP contribution in [0.3, 0.4) is 0 Å². The summed E-state index contributed by atoms with van der Waals surface area (Å²) in [5.74, 6) is 0. The molecule has 0 atom stereocenters. The van der Waals surface area contributed by atoms with Crippen molar-refractivity contribution in [2.75, 3.05) is 12.9 Å². The molecule has 0 radical (unpaired) electrons. The summed E-state index contributed by atoms with van der Waals surface area (Å²) < 4.78 is 27.7. The zero-order valence-electron chi connectivity index (χ0n) is 8.95. The van der Waals surface area contributed by atoms with Crippen LogP contribution < -0.4 is 5.56 Å². The summed E-state index contributed by atoms with van der Waals surface area (Å²) in [6.45, 7) is 0.221. The highest BCUT2D eigenvalue weighted by Crippen LogP contribution is 2.03. The first kappa shape index (κ1) is 11.7. The maximum atomic E-state index is 11.3. The van der Waals surface area contributed by atoms with E-state index in [-0.39, 0.29) is 24.2 Å². The average molecular weight is 258 g/mol. The van der Waals surface area contributed by atoms with Crippen LogP contribution >= 0.6 is 0 Å². The first-order valence-corrected chi connectivity index (χ1v) is 6.52. The SMILES string of the molecule is CS(=O)(=O)OCCn1cnc2c(=O)[nH]cnc21. The van der Waals surface area contributed by atoms with E-state index in [4.69, 9.17) is 0 Å². The molecule has 0 bridgehead atoms. The van der Waals surface area contributed by atoms with Crippen LogP contribution in [0.2, 0.25) is 0 Å². The van der Waals surface area contributed by atoms with E-state index in [1.165, 1.54) is 12.7 Å². The summed E-state index contributed by atoms with van der Waals surface area (Å²) in [5, 5.41) is 0. The van der Waals surface area contributed by atoms with E-state index in [1.54, 1.807) is 4.57 Å². The molecule has 1 N–H and O–H groups in total. The number of hydrogen-bond donors (Lipinski definition) is 1. The van der Waals surface area contributed by atoms with Crippen molar-refractivity contribution in [3.8, 4) is 0 Å². The van der Waals surface area contributed by atoms with Gasteiger partial charge in [0.05, 0.1) is 32.1 Å². The fourth-order valence-electron chi connectivity index (χ4n) is 1.34. The van der Waals surface area contributed by atoms with Crippen molar-refractivity contribution in [1.29, 1.82) is 0 Å². The van der Waals surface area contributed by atoms with Crippen molar-refractivity contribution in [2.24, 2.45) is 0 Å². The van der Waals surface area contributed by atoms with Crippen LogP contribution in [0.25, 0.3) is 11.2 Å². The lowest BCUT2D eigenvalue weighted by Crippen LogP contribution is -2.11. The Kier molecular flexibility index (Phi) is 2.94. The molecule has 0 amide bonds. The third-order valence-electron chi connectivity index (χ3n) is 2.04. The zero-order valence-corrected chi connectivity index (χ0v) is 9.77. The van der Waals surface area contributed by atoms with E-state index < -0.39 is 10.1 Å². The molecule has 0 aliphatic carbocycles. The van der Waals surface area contributed by atoms with Crippen molar-refractivity contribution in [1.82, 2.24) is 19.5 Å². The summed E-state index contributed by atoms with van der Waals surface area (Å²) in [7, 11) is -3.46. The molecule has 0 saturated carbocycles. The third-order valence-corrected chi connectivity index (χ3v) is 2.63. The lowest BCUT2D eigenvalue weighted by atomic mass is 10.5. The molecule has 0 saturated heterocycles. The van der Waals surface area contributed by atoms with E-state index in [0.717, 1.165) is 6.26 Å². The minimum atomic E-state index is -3.46. The minimum absolute atomic E-state index is 0.0290. The van der Waals surface area contributed by atoms with Crippen molar-refractivity contribution in [3.05, 3.63) is 23.0 Å². The molecule has 9 heteroatoms. The first-order chi connectivity index (χ1) is 7.97. The molecule has 8 nitrogen and oxygen atoms in total. The highest BCUT2D eigenvalue weighted by molar-refractivity contribution is 7.85. The standard InChI is InChI=1S/C8H10N4O4S/c1-17(14,15)16-3-2-12-5-11-6-7(12)9-4-10-8(6)13/h4-5H,2-3H2,1H3,(H,9,10,13). The number of aromatic nitrogens is 4. The molecule has 2 aromatic rings. The number of hydrogen-bond acceptors (Lipinski definition) is 6. The van der Waals surface area contributed by atoms with Crippen LogP contribution in [0.15, 0.2) is 17.4 Å². The second kappa shape index (κ2) is 4.26. The van der Waals surface area contributed by atoms with Gasteiger partial charge < -0.3 is 9.55 Å². The van der Waals surface area contributed by atoms with Crippen LogP contribution in [0.1, 0.15) is 0 Å². The summed E-state index contributed by atoms with van der Waals surface area (Å²) in [6.07, 6.45) is 3.65. The van der Waals surface area contributed by atoms with Gasteiger partial charge in [0.1, 0.15) is 0 Å². The van der Waals surface area contributed by atoms with Gasteiger partial charge in [-0.3, -0.25) is 8.98 Å². The number of rotatable bonds is 4. The zero-order chi connectivity index (χ0) is 12.5. The molecule has 0 spiro atoms. The predicted molar refractivity (Wildman–Crippen MR) is 58.9 cm³/mol. The molecule has 0 unspecified atom stereocenters. The Labute approximate surface area is 96.4 Å². The summed E-state index contributed by atoms with van der Waals surface area (Å²) in [5.41, 5.74) is 0.274. The van der Waals surface area contributed by atoms with E-state index >= 15 is 0 Å². The predicted octanol–water partition coefficient (Wildman–Crippen LogP) is -0.904. The fraction of sp³-hybridized carbons (Fsp3) is 0.375. The molecule has 0 aliphatic heterocycles. The summed E-state index contributed by atoms with van der Waals surface area (Å²) in [4.78, 5) is 21.6. The quantitative estimate of drug-likeness (QED) is 0.712. The average Bonchev–Trinajstić information content (AvgIpc) is 2.61. The molecule has 92 valence electrons. The van der Waals surface area contributed by atoms with Gasteiger partial charge in [-0.05, 0) is 0 Å². The fourth-order valence-corrected chi connectivity index (χ4v) is 1.72. The van der Waals surface area contributed by atoms with E-state index in [2.05, 4.69) is 19.1 Å². The van der Waals surface area contributed by atoms with Gasteiger partial charge in [-0.2, -0.15) is 8.42 Å². The topological polar surface area (TPSA) is 107 Å². The lowest BCUT2D eigenvalue weighted by Gasteiger charge is -2.02. The van der Waals surface area contributed by atoms with Gasteiger partial charge in [0, 0.05) is 0 Å². The van der Waals surface area contributed by atoms with Gasteiger partial charge in [0.25, 0.3) is 15.7 Å². The summed E-state index contributed by atoms with van der Waals surface area (Å²) in [6, 6.07) is 0. The van der Waals surface area contributed by atoms with Crippen LogP contribution in [-0.2, 0) is 20.8 Å². The Bertz CT molecular complexity index is 687. The Morgan fingerprint density at radius 1 is 1.47 bits per heavy atom. The van der Waals surface area contributed by atoms with Crippen LogP contribution in [0, 0.1) is 0 Å². The third kappa shape index (κ3) is 2.68. The van der Waals surface area contributed by atoms with Gasteiger partial charge in [0.15, 0.2) is 11.2 Å². The van der Waals surface area contributed by atoms with Gasteiger partial charge in [-0.15, -0.1) is 0 Å². The van der Waals surface area contributed by atoms with Crippen molar-refractivity contribution in [2.45, 2.75) is 6.54 Å². The van der Waals surface area contributed by atoms with E-state index in [9.17, 15) is 13.2 Å². The molecule has 0 aromatic carbocycles. The van der Waals surface area contributed by atoms with E-state index in [1.807, 2.05) is 0 Å². The highest BCUT2D eigenvalue weighted by Gasteiger charge is 2.08. The smallest absolute Gasteiger partial charge is 0.278 e. The van der Waals surface area contributed by atoms with Gasteiger partial charge in [-0.1, -0.05) is 0 Å². The van der Waals surface area contributed by atoms with Gasteiger partial charge >= 0.3 is 0 Å². The van der Waals surface area contributed by atoms with E-state index in [0.29, 0.717) is 5.65 Å². The molecule has 2 heterocycles. The molecule has 2 rings (SSSR count). The number of fused-ring (bicyclic) bond motifs is 1. The minimum Gasteiger partial charge on any atom is -0.313 e. The second-order valence-electron chi connectivity index (χ2n) is 3.37. The largest absolute Gasteiger partial charge is 0.313 e. The molecule has 2 aromatic heterocycles. The monoisotopic (exact) mass is 258 g/mol. The lowest BCUT2D eigenvalue weighted by molar-refractivity contribution is 0.305. The number of nitrogens with one attached hydrogen (secondary N) is 1. The molecule has 17 heavy (non-hydrogen) atoms. The Hall–Kier alpha value is -1.74. The Morgan fingerprint density at radius 3 is 2.94 bits per heavy atom. The molecule has 0 fully saturated rings. The molecular formula is C8H10N4O4S. The van der Waals surface area contributed by atoms with Crippen molar-refractivity contribution < 1.29 is 12.6 Å². The second-order valence-corrected chi connectivity index (χ2v) is 5.01. The van der Waals surface area contributed by atoms with Crippen LogP contribution in [0.5, 0.6) is 0 Å². The van der Waals surface area contributed by atoms with Crippen LogP contribution in [0.4, 0.5) is 0 Å². The highest BCUT2D eigenvalue weighted by atomic mass is 32.2. The maximum absolute atomic E-state index is 11.3. The number of imidazole rings is 1. The van der Waals surface area contributed by atoms with Crippen molar-refractivity contribution >= 4 is 21.3 Å². The number of H-pyrrole nitrogens is 1. The Morgan fingerprint density at radius 2 is 2.24 bits per heavy atom. The Balaban J connectivity index is 2.20. The van der Waals surface area contributed by atoms with Gasteiger partial charge in [-0.25, -0.2) is 9.97 Å². The molecular weight excluding hydrogens is 248 g/mol. The molecule has 0 aliphatic rings. The normalized spacial score (nSPS) is 12.1.